The van der Waals surface area contributed by atoms with Gasteiger partial charge in [-0.05, 0) is 44.2 Å². The summed E-state index contributed by atoms with van der Waals surface area (Å²) in [7, 11) is 0. The molecule has 1 spiro atoms. The zero-order valence-electron chi connectivity index (χ0n) is 28.4. The molecule has 0 aromatic heterocycles. The molecule has 0 saturated carbocycles. The standard InChI is InChI=1S/C39H47N3O7/c1-4-14-25(2)41-22-13-21-39-33(36(45)42(35(39)37(41)46)29(24-43)23-27-15-7-5-8-16-27)32-30(49-39)19-11-12-20-31(44)40-26(3)34(48-38(32)47)28-17-9-6-10-18-28/h5-11,13,15-19,21,25-26,29-30,32-35,43H,4,12,14,20,22-24H2,1-3H3,(H,40,44)/b19-11-/t25?,26-,29+,30-,32+,33+,34+,35-,39+/m0/s1. The van der Waals surface area contributed by atoms with Gasteiger partial charge < -0.3 is 29.7 Å². The third kappa shape index (κ3) is 6.56. The van der Waals surface area contributed by atoms with E-state index in [1.54, 1.807) is 24.0 Å². The summed E-state index contributed by atoms with van der Waals surface area (Å²) in [4.78, 5) is 60.4. The number of carbonyl (C=O) groups excluding carboxylic acids is 4. The van der Waals surface area contributed by atoms with Gasteiger partial charge in [0.1, 0.15) is 23.7 Å². The van der Waals surface area contributed by atoms with Crippen LogP contribution in [0.3, 0.4) is 0 Å². The van der Waals surface area contributed by atoms with Gasteiger partial charge in [0.05, 0.1) is 30.7 Å². The van der Waals surface area contributed by atoms with Crippen molar-refractivity contribution in [2.24, 2.45) is 11.8 Å². The van der Waals surface area contributed by atoms with E-state index in [1.165, 1.54) is 4.90 Å². The SMILES string of the molecule is CCCC(C)N1CC=C[C@@]23O[C@H]4/C=C\CCC(=O)N[C@@H](C)[C@H](c5ccccc5)OC(=O)[C@H]4[C@@H]2C(=O)N([C@@H](CO)Cc2ccccc2)[C@H]3C1=O. The van der Waals surface area contributed by atoms with Crippen LogP contribution < -0.4 is 5.32 Å². The normalized spacial score (nSPS) is 32.1. The monoisotopic (exact) mass is 669 g/mol. The van der Waals surface area contributed by atoms with Crippen LogP contribution in [0.5, 0.6) is 0 Å². The first kappa shape index (κ1) is 34.6. The summed E-state index contributed by atoms with van der Waals surface area (Å²) in [5.74, 6) is -3.69. The number of nitrogens with one attached hydrogen (secondary N) is 1. The molecule has 0 bridgehead atoms. The van der Waals surface area contributed by atoms with Crippen molar-refractivity contribution < 1.29 is 33.8 Å². The molecule has 6 rings (SSSR count). The highest BCUT2D eigenvalue weighted by atomic mass is 16.6. The van der Waals surface area contributed by atoms with Crippen molar-refractivity contribution in [2.75, 3.05) is 13.2 Å². The number of nitrogens with zero attached hydrogens (tertiary/aromatic N) is 2. The predicted molar refractivity (Wildman–Crippen MR) is 183 cm³/mol. The number of benzene rings is 2. The van der Waals surface area contributed by atoms with Crippen LogP contribution in [-0.4, -0.2) is 87.6 Å². The summed E-state index contributed by atoms with van der Waals surface area (Å²) >= 11 is 0. The van der Waals surface area contributed by atoms with Gasteiger partial charge in [-0.15, -0.1) is 0 Å². The van der Waals surface area contributed by atoms with Crippen molar-refractivity contribution in [1.82, 2.24) is 15.1 Å². The first-order valence-corrected chi connectivity index (χ1v) is 17.5. The highest BCUT2D eigenvalue weighted by molar-refractivity contribution is 5.99. The number of carbonyl (C=O) groups is 4. The average Bonchev–Trinajstić information content (AvgIpc) is 3.49. The summed E-state index contributed by atoms with van der Waals surface area (Å²) < 4.78 is 13.1. The number of allylic oxidation sites excluding steroid dienone is 1. The first-order valence-electron chi connectivity index (χ1n) is 17.5. The van der Waals surface area contributed by atoms with Crippen LogP contribution >= 0.6 is 0 Å². The van der Waals surface area contributed by atoms with Crippen LogP contribution in [0.1, 0.15) is 63.7 Å². The molecule has 4 aliphatic rings. The number of amides is 3. The van der Waals surface area contributed by atoms with Gasteiger partial charge in [0.2, 0.25) is 17.7 Å². The number of esters is 1. The van der Waals surface area contributed by atoms with Crippen LogP contribution in [-0.2, 0) is 35.1 Å². The molecular formula is C39H47N3O7. The molecule has 10 nitrogen and oxygen atoms in total. The Kier molecular flexibility index (Phi) is 10.4. The maximum Gasteiger partial charge on any atom is 0.313 e. The minimum absolute atomic E-state index is 0.104. The minimum Gasteiger partial charge on any atom is -0.455 e. The fourth-order valence-corrected chi connectivity index (χ4v) is 8.16. The Labute approximate surface area is 288 Å². The number of ether oxygens (including phenoxy) is 2. The van der Waals surface area contributed by atoms with Gasteiger partial charge in [-0.2, -0.15) is 0 Å². The maximum atomic E-state index is 15.0. The Morgan fingerprint density at radius 3 is 2.41 bits per heavy atom. The van der Waals surface area contributed by atoms with Crippen LogP contribution in [0.4, 0.5) is 0 Å². The zero-order valence-corrected chi connectivity index (χ0v) is 28.4. The lowest BCUT2D eigenvalue weighted by molar-refractivity contribution is -0.162. The first-order chi connectivity index (χ1) is 23.7. The summed E-state index contributed by atoms with van der Waals surface area (Å²) in [5.41, 5.74) is 0.119. The van der Waals surface area contributed by atoms with E-state index in [0.717, 1.165) is 18.4 Å². The summed E-state index contributed by atoms with van der Waals surface area (Å²) in [6.07, 6.45) is 8.07. The maximum absolute atomic E-state index is 15.0. The molecule has 4 heterocycles. The lowest BCUT2D eigenvalue weighted by atomic mass is 9.77. The number of fused-ring (bicyclic) bond motifs is 2. The number of cyclic esters (lactones) is 1. The lowest BCUT2D eigenvalue weighted by Gasteiger charge is -2.40. The van der Waals surface area contributed by atoms with E-state index >= 15 is 0 Å². The molecule has 9 atom stereocenters. The highest BCUT2D eigenvalue weighted by Gasteiger charge is 2.72. The molecule has 3 amide bonds. The van der Waals surface area contributed by atoms with E-state index in [9.17, 15) is 24.3 Å². The van der Waals surface area contributed by atoms with Crippen molar-refractivity contribution in [3.8, 4) is 0 Å². The molecule has 2 aromatic rings. The van der Waals surface area contributed by atoms with E-state index < -0.39 is 59.6 Å². The van der Waals surface area contributed by atoms with Gasteiger partial charge in [0.15, 0.2) is 0 Å². The predicted octanol–water partition coefficient (Wildman–Crippen LogP) is 3.90. The van der Waals surface area contributed by atoms with Crippen LogP contribution in [0, 0.1) is 11.8 Å². The largest absolute Gasteiger partial charge is 0.455 e. The van der Waals surface area contributed by atoms with Crippen LogP contribution in [0.2, 0.25) is 0 Å². The summed E-state index contributed by atoms with van der Waals surface area (Å²) in [6.45, 7) is 5.81. The van der Waals surface area contributed by atoms with Gasteiger partial charge in [0.25, 0.3) is 0 Å². The molecular weight excluding hydrogens is 622 g/mol. The highest BCUT2D eigenvalue weighted by Crippen LogP contribution is 2.54. The van der Waals surface area contributed by atoms with Gasteiger partial charge in [-0.25, -0.2) is 0 Å². The molecule has 260 valence electrons. The van der Waals surface area contributed by atoms with Crippen LogP contribution in [0.15, 0.2) is 85.0 Å². The molecule has 49 heavy (non-hydrogen) atoms. The molecule has 4 aliphatic heterocycles. The van der Waals surface area contributed by atoms with Crippen molar-refractivity contribution in [1.29, 1.82) is 0 Å². The van der Waals surface area contributed by atoms with Crippen molar-refractivity contribution in [3.63, 3.8) is 0 Å². The number of aliphatic hydroxyl groups is 1. The smallest absolute Gasteiger partial charge is 0.313 e. The topological polar surface area (TPSA) is 125 Å². The Morgan fingerprint density at radius 1 is 1.00 bits per heavy atom. The molecule has 2 aromatic carbocycles. The second-order valence-electron chi connectivity index (χ2n) is 13.7. The molecule has 0 radical (unpaired) electrons. The van der Waals surface area contributed by atoms with Crippen molar-refractivity contribution >= 4 is 23.7 Å². The van der Waals surface area contributed by atoms with E-state index in [1.807, 2.05) is 79.7 Å². The summed E-state index contributed by atoms with van der Waals surface area (Å²) in [5, 5.41) is 13.8. The van der Waals surface area contributed by atoms with E-state index in [-0.39, 0.29) is 30.9 Å². The van der Waals surface area contributed by atoms with Crippen LogP contribution in [0.25, 0.3) is 0 Å². The molecule has 10 heteroatoms. The molecule has 0 aliphatic carbocycles. The third-order valence-electron chi connectivity index (χ3n) is 10.5. The molecule has 1 unspecified atom stereocenters. The minimum atomic E-state index is -1.49. The lowest BCUT2D eigenvalue weighted by Crippen LogP contribution is -2.59. The van der Waals surface area contributed by atoms with E-state index in [4.69, 9.17) is 9.47 Å². The fraction of sp³-hybridized carbons (Fsp3) is 0.487. The molecule has 2 saturated heterocycles. The van der Waals surface area contributed by atoms with Gasteiger partial charge >= 0.3 is 5.97 Å². The number of rotatable bonds is 8. The van der Waals surface area contributed by atoms with Crippen molar-refractivity contribution in [3.05, 3.63) is 96.1 Å². The number of likely N-dealkylation sites (tertiary alicyclic amines) is 1. The van der Waals surface area contributed by atoms with E-state index in [2.05, 4.69) is 12.2 Å². The molecule has 2 fully saturated rings. The number of aliphatic hydroxyl groups excluding tert-OH is 1. The third-order valence-corrected chi connectivity index (χ3v) is 10.5. The van der Waals surface area contributed by atoms with Gasteiger partial charge in [-0.3, -0.25) is 19.2 Å². The molecule has 2 N–H and O–H groups in total. The Balaban J connectivity index is 1.46. The average molecular weight is 670 g/mol. The second-order valence-corrected chi connectivity index (χ2v) is 13.7. The Hall–Kier alpha value is -4.28. The van der Waals surface area contributed by atoms with E-state index in [0.29, 0.717) is 24.9 Å². The summed E-state index contributed by atoms with van der Waals surface area (Å²) in [6, 6.07) is 16.2. The zero-order chi connectivity index (χ0) is 34.7. The Morgan fingerprint density at radius 2 is 1.71 bits per heavy atom. The Bertz CT molecular complexity index is 1580. The van der Waals surface area contributed by atoms with Gasteiger partial charge in [0, 0.05) is 19.0 Å². The van der Waals surface area contributed by atoms with Gasteiger partial charge in [-0.1, -0.05) is 98.3 Å². The second kappa shape index (κ2) is 14.7. The van der Waals surface area contributed by atoms with Crippen molar-refractivity contribution in [2.45, 2.75) is 94.9 Å². The number of hydrogen-bond donors (Lipinski definition) is 2. The fourth-order valence-electron chi connectivity index (χ4n) is 8.16. The quantitative estimate of drug-likeness (QED) is 0.323. The number of hydrogen-bond acceptors (Lipinski definition) is 7.